The molecule has 0 bridgehead atoms. The van der Waals surface area contributed by atoms with Crippen molar-refractivity contribution in [1.29, 1.82) is 0 Å². The molecule has 1 aliphatic rings. The number of fused-ring (bicyclic) bond motifs is 2. The van der Waals surface area contributed by atoms with Crippen molar-refractivity contribution >= 4 is 32.4 Å². The Morgan fingerprint density at radius 2 is 1.32 bits per heavy atom. The minimum atomic E-state index is 0.252. The molecule has 1 aliphatic heterocycles. The minimum absolute atomic E-state index is 0.252. The average Bonchev–Trinajstić information content (AvgIpc) is 2.60. The fraction of sp³-hybridized carbons (Fsp3) is 0.263. The summed E-state index contributed by atoms with van der Waals surface area (Å²) in [6.07, 6.45) is 0. The maximum Gasteiger partial charge on any atom is 0.170 e. The summed E-state index contributed by atoms with van der Waals surface area (Å²) < 4.78 is 11.3. The van der Waals surface area contributed by atoms with Crippen LogP contribution in [0.25, 0.3) is 21.5 Å². The lowest BCUT2D eigenvalue weighted by molar-refractivity contribution is 0.159. The van der Waals surface area contributed by atoms with Crippen molar-refractivity contribution in [2.24, 2.45) is 0 Å². The molecule has 0 N–H and O–H groups in total. The van der Waals surface area contributed by atoms with E-state index in [4.69, 9.17) is 9.47 Å². The monoisotopic (exact) mass is 311 g/mol. The lowest BCUT2D eigenvalue weighted by atomic mass is 10.0. The van der Waals surface area contributed by atoms with Crippen molar-refractivity contribution < 1.29 is 9.47 Å². The van der Waals surface area contributed by atoms with Crippen molar-refractivity contribution in [2.45, 2.75) is 4.90 Å². The van der Waals surface area contributed by atoms with Gasteiger partial charge in [-0.2, -0.15) is 0 Å². The molecule has 0 spiro atoms. The summed E-state index contributed by atoms with van der Waals surface area (Å²) in [5.41, 5.74) is 0. The molecule has 0 unspecified atom stereocenters. The van der Waals surface area contributed by atoms with Gasteiger partial charge in [0.05, 0.1) is 20.3 Å². The standard InChI is InChI=1S/C19H19O2S/c1-20-18-14-6-2-4-8-16(14)19(22-12-10-21-11-13-22)17-9-5-3-7-15(17)18/h2-9H,10-13H2,1H3/q+1. The van der Waals surface area contributed by atoms with Crippen molar-refractivity contribution in [2.75, 3.05) is 31.8 Å². The van der Waals surface area contributed by atoms with Gasteiger partial charge < -0.3 is 9.47 Å². The smallest absolute Gasteiger partial charge is 0.170 e. The van der Waals surface area contributed by atoms with Gasteiger partial charge in [-0.3, -0.25) is 0 Å². The van der Waals surface area contributed by atoms with E-state index < -0.39 is 0 Å². The Balaban J connectivity index is 2.11. The Bertz CT molecular complexity index is 765. The van der Waals surface area contributed by atoms with Gasteiger partial charge in [-0.05, 0) is 12.1 Å². The third kappa shape index (κ3) is 2.16. The lowest BCUT2D eigenvalue weighted by Crippen LogP contribution is -2.26. The van der Waals surface area contributed by atoms with Gasteiger partial charge in [0.2, 0.25) is 0 Å². The normalized spacial score (nSPS) is 16.2. The third-order valence-corrected chi connectivity index (χ3v) is 6.61. The number of hydrogen-bond acceptors (Lipinski definition) is 2. The first-order valence-electron chi connectivity index (χ1n) is 7.63. The van der Waals surface area contributed by atoms with Crippen LogP contribution in [0.4, 0.5) is 0 Å². The molecule has 1 saturated heterocycles. The zero-order chi connectivity index (χ0) is 14.9. The Morgan fingerprint density at radius 3 is 1.82 bits per heavy atom. The summed E-state index contributed by atoms with van der Waals surface area (Å²) in [5.74, 6) is 3.24. The van der Waals surface area contributed by atoms with Crippen LogP contribution in [-0.4, -0.2) is 31.8 Å². The predicted octanol–water partition coefficient (Wildman–Crippen LogP) is 4.01. The van der Waals surface area contributed by atoms with E-state index in [0.717, 1.165) is 30.5 Å². The maximum absolute atomic E-state index is 5.76. The Hall–Kier alpha value is -1.71. The number of rotatable bonds is 2. The summed E-state index contributed by atoms with van der Waals surface area (Å²) >= 11 is 0. The molecule has 4 rings (SSSR count). The van der Waals surface area contributed by atoms with Gasteiger partial charge in [0, 0.05) is 32.4 Å². The largest absolute Gasteiger partial charge is 0.495 e. The van der Waals surface area contributed by atoms with E-state index in [1.165, 1.54) is 26.4 Å². The first-order valence-corrected chi connectivity index (χ1v) is 9.19. The van der Waals surface area contributed by atoms with Crippen LogP contribution in [0.5, 0.6) is 5.75 Å². The van der Waals surface area contributed by atoms with Gasteiger partial charge in [-0.1, -0.05) is 36.4 Å². The zero-order valence-corrected chi connectivity index (χ0v) is 13.5. The zero-order valence-electron chi connectivity index (χ0n) is 12.7. The summed E-state index contributed by atoms with van der Waals surface area (Å²) in [6, 6.07) is 17.3. The summed E-state index contributed by atoms with van der Waals surface area (Å²) in [5, 5.41) is 5.11. The van der Waals surface area contributed by atoms with Gasteiger partial charge in [0.15, 0.2) is 4.90 Å². The highest BCUT2D eigenvalue weighted by Crippen LogP contribution is 2.41. The third-order valence-electron chi connectivity index (χ3n) is 4.27. The van der Waals surface area contributed by atoms with Crippen LogP contribution in [0.15, 0.2) is 53.4 Å². The molecule has 112 valence electrons. The van der Waals surface area contributed by atoms with Crippen LogP contribution in [0.3, 0.4) is 0 Å². The molecule has 0 saturated carbocycles. The molecule has 3 aromatic rings. The second-order valence-corrected chi connectivity index (χ2v) is 7.68. The van der Waals surface area contributed by atoms with E-state index in [1.807, 2.05) is 0 Å². The SMILES string of the molecule is COc1c2ccccc2c([S+]2CCOCC2)c2ccccc12. The molecule has 0 amide bonds. The first kappa shape index (κ1) is 13.9. The molecule has 1 heterocycles. The average molecular weight is 311 g/mol. The summed E-state index contributed by atoms with van der Waals surface area (Å²) in [6.45, 7) is 1.75. The van der Waals surface area contributed by atoms with Crippen LogP contribution >= 0.6 is 0 Å². The van der Waals surface area contributed by atoms with Gasteiger partial charge in [-0.25, -0.2) is 0 Å². The van der Waals surface area contributed by atoms with Crippen LogP contribution in [0.1, 0.15) is 0 Å². The van der Waals surface area contributed by atoms with E-state index in [-0.39, 0.29) is 10.9 Å². The quantitative estimate of drug-likeness (QED) is 0.526. The van der Waals surface area contributed by atoms with Crippen molar-refractivity contribution in [3.63, 3.8) is 0 Å². The number of ether oxygens (including phenoxy) is 2. The van der Waals surface area contributed by atoms with Crippen molar-refractivity contribution in [3.05, 3.63) is 48.5 Å². The number of hydrogen-bond donors (Lipinski definition) is 0. The lowest BCUT2D eigenvalue weighted by Gasteiger charge is -2.19. The van der Waals surface area contributed by atoms with Crippen LogP contribution in [-0.2, 0) is 15.6 Å². The summed E-state index contributed by atoms with van der Waals surface area (Å²) in [4.78, 5) is 1.50. The van der Waals surface area contributed by atoms with Crippen LogP contribution in [0, 0.1) is 0 Å². The molecule has 0 aromatic heterocycles. The van der Waals surface area contributed by atoms with E-state index in [2.05, 4.69) is 48.5 Å². The van der Waals surface area contributed by atoms with E-state index in [0.29, 0.717) is 0 Å². The van der Waals surface area contributed by atoms with E-state index in [9.17, 15) is 0 Å². The second kappa shape index (κ2) is 5.82. The number of benzene rings is 3. The highest BCUT2D eigenvalue weighted by molar-refractivity contribution is 7.97. The highest BCUT2D eigenvalue weighted by atomic mass is 32.2. The maximum atomic E-state index is 5.76. The van der Waals surface area contributed by atoms with Crippen molar-refractivity contribution in [3.8, 4) is 5.75 Å². The summed E-state index contributed by atoms with van der Waals surface area (Å²) in [7, 11) is 2.02. The van der Waals surface area contributed by atoms with Gasteiger partial charge >= 0.3 is 0 Å². The first-order chi connectivity index (χ1) is 10.9. The predicted molar refractivity (Wildman–Crippen MR) is 94.2 cm³/mol. The van der Waals surface area contributed by atoms with Gasteiger partial charge in [0.1, 0.15) is 17.3 Å². The minimum Gasteiger partial charge on any atom is -0.495 e. The van der Waals surface area contributed by atoms with Gasteiger partial charge in [0.25, 0.3) is 0 Å². The number of methoxy groups -OCH3 is 1. The second-order valence-electron chi connectivity index (χ2n) is 5.47. The van der Waals surface area contributed by atoms with Crippen molar-refractivity contribution in [1.82, 2.24) is 0 Å². The highest BCUT2D eigenvalue weighted by Gasteiger charge is 2.30. The molecular weight excluding hydrogens is 292 g/mol. The van der Waals surface area contributed by atoms with Crippen LogP contribution in [0.2, 0.25) is 0 Å². The van der Waals surface area contributed by atoms with Crippen LogP contribution < -0.4 is 4.74 Å². The Kier molecular flexibility index (Phi) is 3.68. The van der Waals surface area contributed by atoms with Gasteiger partial charge in [-0.15, -0.1) is 0 Å². The fourth-order valence-electron chi connectivity index (χ4n) is 3.31. The Morgan fingerprint density at radius 1 is 0.818 bits per heavy atom. The van der Waals surface area contributed by atoms with E-state index >= 15 is 0 Å². The topological polar surface area (TPSA) is 18.5 Å². The molecule has 22 heavy (non-hydrogen) atoms. The molecule has 3 heteroatoms. The fourth-order valence-corrected chi connectivity index (χ4v) is 5.54. The molecule has 2 nitrogen and oxygen atoms in total. The Labute approximate surface area is 133 Å². The molecule has 0 atom stereocenters. The molecule has 1 fully saturated rings. The van der Waals surface area contributed by atoms with E-state index in [1.54, 1.807) is 7.11 Å². The molecule has 0 aliphatic carbocycles. The molecular formula is C19H19O2S+. The molecule has 3 aromatic carbocycles. The molecule has 0 radical (unpaired) electrons.